The summed E-state index contributed by atoms with van der Waals surface area (Å²) in [4.78, 5) is 13.5. The quantitative estimate of drug-likeness (QED) is 0.905. The first kappa shape index (κ1) is 13.3. The Morgan fingerprint density at radius 1 is 1.44 bits per heavy atom. The van der Waals surface area contributed by atoms with Gasteiger partial charge in [-0.2, -0.15) is 0 Å². The van der Waals surface area contributed by atoms with Crippen LogP contribution in [0.5, 0.6) is 0 Å². The van der Waals surface area contributed by atoms with Crippen LogP contribution >= 0.6 is 23.2 Å². The van der Waals surface area contributed by atoms with Gasteiger partial charge in [-0.05, 0) is 19.1 Å². The lowest BCUT2D eigenvalue weighted by Gasteiger charge is -2.20. The summed E-state index contributed by atoms with van der Waals surface area (Å²) in [5.41, 5.74) is 0.365. The lowest BCUT2D eigenvalue weighted by atomic mass is 10.2. The van der Waals surface area contributed by atoms with Gasteiger partial charge >= 0.3 is 0 Å². The molecule has 3 nitrogen and oxygen atoms in total. The van der Waals surface area contributed by atoms with Crippen LogP contribution in [0.25, 0.3) is 0 Å². The molecule has 1 amide bonds. The van der Waals surface area contributed by atoms with Gasteiger partial charge in [0.05, 0.1) is 22.2 Å². The van der Waals surface area contributed by atoms with Crippen molar-refractivity contribution in [2.24, 2.45) is 0 Å². The molecule has 88 valence electrons. The summed E-state index contributed by atoms with van der Waals surface area (Å²) >= 11 is 11.8. The smallest absolute Gasteiger partial charge is 0.255 e. The first-order valence-electron chi connectivity index (χ1n) is 4.96. The molecule has 1 rings (SSSR count). The Kier molecular flexibility index (Phi) is 5.06. The highest BCUT2D eigenvalue weighted by Gasteiger charge is 2.17. The Hall–Kier alpha value is -0.770. The minimum absolute atomic E-state index is 0.0717. The van der Waals surface area contributed by atoms with E-state index in [2.05, 4.69) is 0 Å². The molecule has 0 spiro atoms. The summed E-state index contributed by atoms with van der Waals surface area (Å²) in [6.07, 6.45) is 0. The van der Waals surface area contributed by atoms with E-state index in [9.17, 15) is 4.79 Å². The zero-order valence-electron chi connectivity index (χ0n) is 8.91. The van der Waals surface area contributed by atoms with Crippen molar-refractivity contribution in [3.8, 4) is 0 Å². The van der Waals surface area contributed by atoms with Gasteiger partial charge < -0.3 is 10.0 Å². The third-order valence-electron chi connectivity index (χ3n) is 2.22. The standard InChI is InChI=1S/C11H13Cl2NO2/c1-2-14(6-7-15)11(16)8-4-3-5-9(12)10(8)13/h3-5,15H,2,6-7H2,1H3. The van der Waals surface area contributed by atoms with E-state index in [0.29, 0.717) is 17.1 Å². The lowest BCUT2D eigenvalue weighted by Crippen LogP contribution is -2.33. The molecule has 0 aliphatic carbocycles. The van der Waals surface area contributed by atoms with Gasteiger partial charge in [0.2, 0.25) is 0 Å². The molecular weight excluding hydrogens is 249 g/mol. The lowest BCUT2D eigenvalue weighted by molar-refractivity contribution is 0.0732. The average Bonchev–Trinajstić information content (AvgIpc) is 2.29. The maximum Gasteiger partial charge on any atom is 0.255 e. The van der Waals surface area contributed by atoms with Gasteiger partial charge in [0.15, 0.2) is 0 Å². The Balaban J connectivity index is 2.99. The molecule has 0 fully saturated rings. The number of carbonyl (C=O) groups excluding carboxylic acids is 1. The monoisotopic (exact) mass is 261 g/mol. The first-order chi connectivity index (χ1) is 7.61. The number of halogens is 2. The van der Waals surface area contributed by atoms with E-state index in [-0.39, 0.29) is 24.1 Å². The summed E-state index contributed by atoms with van der Waals surface area (Å²) in [6, 6.07) is 4.92. The number of aliphatic hydroxyl groups excluding tert-OH is 1. The molecule has 0 aliphatic rings. The van der Waals surface area contributed by atoms with E-state index in [1.807, 2.05) is 6.92 Å². The Bertz CT molecular complexity index is 382. The van der Waals surface area contributed by atoms with Gasteiger partial charge in [0, 0.05) is 13.1 Å². The third kappa shape index (κ3) is 2.88. The van der Waals surface area contributed by atoms with Crippen LogP contribution in [0.15, 0.2) is 18.2 Å². The molecule has 0 aliphatic heterocycles. The van der Waals surface area contributed by atoms with Crippen molar-refractivity contribution < 1.29 is 9.90 Å². The molecule has 0 saturated heterocycles. The zero-order chi connectivity index (χ0) is 12.1. The van der Waals surface area contributed by atoms with Crippen LogP contribution in [0.1, 0.15) is 17.3 Å². The molecule has 0 radical (unpaired) electrons. The van der Waals surface area contributed by atoms with Crippen LogP contribution in [0.4, 0.5) is 0 Å². The van der Waals surface area contributed by atoms with Crippen LogP contribution in [0.3, 0.4) is 0 Å². The van der Waals surface area contributed by atoms with Gasteiger partial charge in [0.1, 0.15) is 0 Å². The number of aliphatic hydroxyl groups is 1. The second-order valence-electron chi connectivity index (χ2n) is 3.21. The van der Waals surface area contributed by atoms with Crippen molar-refractivity contribution in [1.29, 1.82) is 0 Å². The number of rotatable bonds is 4. The SMILES string of the molecule is CCN(CCO)C(=O)c1cccc(Cl)c1Cl. The van der Waals surface area contributed by atoms with Crippen LogP contribution in [-0.2, 0) is 0 Å². The highest BCUT2D eigenvalue weighted by molar-refractivity contribution is 6.43. The third-order valence-corrected chi connectivity index (χ3v) is 3.04. The summed E-state index contributed by atoms with van der Waals surface area (Å²) in [5, 5.41) is 9.44. The number of benzene rings is 1. The molecule has 0 heterocycles. The van der Waals surface area contributed by atoms with E-state index in [4.69, 9.17) is 28.3 Å². The molecule has 0 saturated carbocycles. The van der Waals surface area contributed by atoms with Crippen molar-refractivity contribution in [2.45, 2.75) is 6.92 Å². The van der Waals surface area contributed by atoms with Crippen molar-refractivity contribution in [2.75, 3.05) is 19.7 Å². The molecule has 1 N–H and O–H groups in total. The molecule has 0 aromatic heterocycles. The molecule has 0 bridgehead atoms. The summed E-state index contributed by atoms with van der Waals surface area (Å²) in [7, 11) is 0. The van der Waals surface area contributed by atoms with Crippen LogP contribution in [-0.4, -0.2) is 35.6 Å². The number of amides is 1. The minimum atomic E-state index is -0.218. The van der Waals surface area contributed by atoms with Crippen LogP contribution in [0.2, 0.25) is 10.0 Å². The van der Waals surface area contributed by atoms with E-state index in [1.165, 1.54) is 4.90 Å². The second kappa shape index (κ2) is 6.09. The Morgan fingerprint density at radius 3 is 2.69 bits per heavy atom. The van der Waals surface area contributed by atoms with Gasteiger partial charge in [-0.3, -0.25) is 4.79 Å². The average molecular weight is 262 g/mol. The van der Waals surface area contributed by atoms with E-state index in [1.54, 1.807) is 18.2 Å². The predicted octanol–water partition coefficient (Wildman–Crippen LogP) is 2.45. The molecule has 5 heteroatoms. The fraction of sp³-hybridized carbons (Fsp3) is 0.364. The fourth-order valence-corrected chi connectivity index (χ4v) is 1.74. The Labute approximate surface area is 105 Å². The van der Waals surface area contributed by atoms with Gasteiger partial charge in [-0.25, -0.2) is 0 Å². The second-order valence-corrected chi connectivity index (χ2v) is 3.99. The summed E-state index contributed by atoms with van der Waals surface area (Å²) in [6.45, 7) is 2.57. The number of nitrogens with zero attached hydrogens (tertiary/aromatic N) is 1. The normalized spacial score (nSPS) is 10.2. The molecule has 16 heavy (non-hydrogen) atoms. The van der Waals surface area contributed by atoms with Crippen LogP contribution in [0, 0.1) is 0 Å². The topological polar surface area (TPSA) is 40.5 Å². The number of hydrogen-bond acceptors (Lipinski definition) is 2. The maximum atomic E-state index is 12.0. The maximum absolute atomic E-state index is 12.0. The molecule has 0 atom stereocenters. The fourth-order valence-electron chi connectivity index (χ4n) is 1.36. The molecule has 1 aromatic rings. The Morgan fingerprint density at radius 2 is 2.12 bits per heavy atom. The van der Waals surface area contributed by atoms with Gasteiger partial charge in [-0.15, -0.1) is 0 Å². The molecule has 0 unspecified atom stereocenters. The van der Waals surface area contributed by atoms with E-state index >= 15 is 0 Å². The van der Waals surface area contributed by atoms with Crippen LogP contribution < -0.4 is 0 Å². The highest BCUT2D eigenvalue weighted by Crippen LogP contribution is 2.26. The number of carbonyl (C=O) groups is 1. The molecule has 1 aromatic carbocycles. The molecular formula is C11H13Cl2NO2. The first-order valence-corrected chi connectivity index (χ1v) is 5.71. The highest BCUT2D eigenvalue weighted by atomic mass is 35.5. The van der Waals surface area contributed by atoms with Gasteiger partial charge in [-0.1, -0.05) is 29.3 Å². The predicted molar refractivity (Wildman–Crippen MR) is 65.1 cm³/mol. The zero-order valence-corrected chi connectivity index (χ0v) is 10.4. The summed E-state index contributed by atoms with van der Waals surface area (Å²) in [5.74, 6) is -0.218. The summed E-state index contributed by atoms with van der Waals surface area (Å²) < 4.78 is 0. The van der Waals surface area contributed by atoms with Crippen molar-refractivity contribution in [3.63, 3.8) is 0 Å². The van der Waals surface area contributed by atoms with E-state index < -0.39 is 0 Å². The number of likely N-dealkylation sites (N-methyl/N-ethyl adjacent to an activating group) is 1. The minimum Gasteiger partial charge on any atom is -0.395 e. The van der Waals surface area contributed by atoms with Crippen molar-refractivity contribution >= 4 is 29.1 Å². The van der Waals surface area contributed by atoms with Gasteiger partial charge in [0.25, 0.3) is 5.91 Å². The van der Waals surface area contributed by atoms with Crippen molar-refractivity contribution in [3.05, 3.63) is 33.8 Å². The van der Waals surface area contributed by atoms with Crippen molar-refractivity contribution in [1.82, 2.24) is 4.90 Å². The number of hydrogen-bond donors (Lipinski definition) is 1. The largest absolute Gasteiger partial charge is 0.395 e. The van der Waals surface area contributed by atoms with E-state index in [0.717, 1.165) is 0 Å².